The second kappa shape index (κ2) is 7.55. The van der Waals surface area contributed by atoms with Crippen LogP contribution in [0.4, 0.5) is 0 Å². The van der Waals surface area contributed by atoms with Crippen molar-refractivity contribution in [1.82, 2.24) is 9.62 Å². The molecule has 2 heterocycles. The molecule has 1 amide bonds. The highest BCUT2D eigenvalue weighted by Crippen LogP contribution is 2.45. The summed E-state index contributed by atoms with van der Waals surface area (Å²) in [6, 6.07) is 5.65. The summed E-state index contributed by atoms with van der Waals surface area (Å²) in [5, 5.41) is 0. The lowest BCUT2D eigenvalue weighted by molar-refractivity contribution is -0.138. The molecule has 3 aliphatic rings. The van der Waals surface area contributed by atoms with Crippen LogP contribution >= 0.6 is 0 Å². The maximum Gasteiger partial charge on any atom is 0.233 e. The highest BCUT2D eigenvalue weighted by atomic mass is 32.2. The Morgan fingerprint density at radius 3 is 2.57 bits per heavy atom. The number of hydrogen-bond acceptors (Lipinski definition) is 5. The van der Waals surface area contributed by atoms with Gasteiger partial charge in [0.1, 0.15) is 13.2 Å². The Hall–Kier alpha value is -1.80. The summed E-state index contributed by atoms with van der Waals surface area (Å²) in [4.78, 5) is 15.5. The summed E-state index contributed by atoms with van der Waals surface area (Å²) in [6.45, 7) is 2.16. The molecule has 2 fully saturated rings. The fraction of sp³-hybridized carbons (Fsp3) is 0.650. The van der Waals surface area contributed by atoms with Gasteiger partial charge in [-0.1, -0.05) is 18.9 Å². The van der Waals surface area contributed by atoms with Gasteiger partial charge in [0.05, 0.1) is 11.7 Å². The minimum absolute atomic E-state index is 0.113. The van der Waals surface area contributed by atoms with Crippen molar-refractivity contribution in [2.24, 2.45) is 0 Å². The zero-order valence-corrected chi connectivity index (χ0v) is 17.1. The number of piperidine rings is 1. The number of ether oxygens (including phenoxy) is 2. The van der Waals surface area contributed by atoms with E-state index < -0.39 is 15.4 Å². The smallest absolute Gasteiger partial charge is 0.233 e. The lowest BCUT2D eigenvalue weighted by atomic mass is 9.77. The van der Waals surface area contributed by atoms with Crippen LogP contribution < -0.4 is 14.2 Å². The van der Waals surface area contributed by atoms with E-state index in [1.165, 1.54) is 6.26 Å². The van der Waals surface area contributed by atoms with Gasteiger partial charge in [-0.05, 0) is 43.4 Å². The summed E-state index contributed by atoms with van der Waals surface area (Å²) in [7, 11) is -3.29. The molecule has 1 N–H and O–H groups in total. The summed E-state index contributed by atoms with van der Waals surface area (Å²) in [5.74, 6) is 1.55. The highest BCUT2D eigenvalue weighted by molar-refractivity contribution is 7.88. The van der Waals surface area contributed by atoms with Crippen molar-refractivity contribution in [2.75, 3.05) is 32.6 Å². The van der Waals surface area contributed by atoms with E-state index >= 15 is 0 Å². The van der Waals surface area contributed by atoms with Crippen LogP contribution in [-0.2, 0) is 20.2 Å². The topological polar surface area (TPSA) is 84.9 Å². The van der Waals surface area contributed by atoms with Gasteiger partial charge in [-0.3, -0.25) is 4.79 Å². The molecule has 1 unspecified atom stereocenters. The van der Waals surface area contributed by atoms with Crippen LogP contribution in [-0.4, -0.2) is 57.8 Å². The first-order valence-corrected chi connectivity index (χ1v) is 11.9. The van der Waals surface area contributed by atoms with E-state index in [9.17, 15) is 13.2 Å². The maximum absolute atomic E-state index is 13.7. The van der Waals surface area contributed by atoms with Gasteiger partial charge in [0.2, 0.25) is 15.9 Å². The molecule has 1 aromatic rings. The third-order valence-corrected chi connectivity index (χ3v) is 6.81. The number of fused-ring (bicyclic) bond motifs is 1. The molecule has 1 atom stereocenters. The number of hydrogen-bond donors (Lipinski definition) is 1. The van der Waals surface area contributed by atoms with Crippen molar-refractivity contribution in [2.45, 2.75) is 50.0 Å². The van der Waals surface area contributed by atoms with Gasteiger partial charge in [0, 0.05) is 19.1 Å². The summed E-state index contributed by atoms with van der Waals surface area (Å²) in [5.41, 5.74) is 0.431. The number of rotatable bonds is 4. The van der Waals surface area contributed by atoms with Crippen LogP contribution in [0.3, 0.4) is 0 Å². The van der Waals surface area contributed by atoms with Gasteiger partial charge < -0.3 is 14.4 Å². The van der Waals surface area contributed by atoms with Crippen molar-refractivity contribution in [3.63, 3.8) is 0 Å². The van der Waals surface area contributed by atoms with Crippen molar-refractivity contribution >= 4 is 15.9 Å². The van der Waals surface area contributed by atoms with Crippen molar-refractivity contribution in [1.29, 1.82) is 0 Å². The Labute approximate surface area is 166 Å². The van der Waals surface area contributed by atoms with Crippen molar-refractivity contribution in [3.05, 3.63) is 23.8 Å². The number of nitrogens with one attached hydrogen (secondary N) is 1. The molecule has 8 heteroatoms. The van der Waals surface area contributed by atoms with Crippen LogP contribution in [0.15, 0.2) is 18.2 Å². The standard InChI is InChI=1S/C20H28N2O5S/c1-28(24,25)21-16-5-4-10-22(14-16)19(23)20(8-2-3-9-20)15-6-7-17-18(13-15)27-12-11-26-17/h6-7,13,16,21H,2-5,8-12,14H2,1H3. The van der Waals surface area contributed by atoms with E-state index in [-0.39, 0.29) is 11.9 Å². The molecule has 4 rings (SSSR count). The molecule has 0 radical (unpaired) electrons. The van der Waals surface area contributed by atoms with Crippen LogP contribution in [0.5, 0.6) is 11.5 Å². The second-order valence-electron chi connectivity index (χ2n) is 8.13. The lowest BCUT2D eigenvalue weighted by Gasteiger charge is -2.39. The fourth-order valence-corrected chi connectivity index (χ4v) is 5.61. The molecule has 28 heavy (non-hydrogen) atoms. The Balaban J connectivity index is 1.59. The first kappa shape index (κ1) is 19.5. The molecule has 1 aromatic carbocycles. The van der Waals surface area contributed by atoms with Crippen LogP contribution in [0.25, 0.3) is 0 Å². The first-order valence-electron chi connectivity index (χ1n) is 10.0. The molecule has 1 saturated heterocycles. The van der Waals surface area contributed by atoms with E-state index in [0.717, 1.165) is 49.8 Å². The highest BCUT2D eigenvalue weighted by Gasteiger charge is 2.46. The minimum atomic E-state index is -3.29. The third kappa shape index (κ3) is 3.85. The summed E-state index contributed by atoms with van der Waals surface area (Å²) >= 11 is 0. The minimum Gasteiger partial charge on any atom is -0.486 e. The Kier molecular flexibility index (Phi) is 5.26. The van der Waals surface area contributed by atoms with E-state index in [0.29, 0.717) is 32.1 Å². The van der Waals surface area contributed by atoms with E-state index in [1.54, 1.807) is 0 Å². The maximum atomic E-state index is 13.7. The zero-order valence-electron chi connectivity index (χ0n) is 16.3. The average molecular weight is 409 g/mol. The van der Waals surface area contributed by atoms with Crippen LogP contribution in [0.1, 0.15) is 44.1 Å². The van der Waals surface area contributed by atoms with E-state index in [4.69, 9.17) is 9.47 Å². The number of amides is 1. The quantitative estimate of drug-likeness (QED) is 0.821. The predicted octanol–water partition coefficient (Wildman–Crippen LogP) is 1.81. The van der Waals surface area contributed by atoms with Crippen molar-refractivity contribution < 1.29 is 22.7 Å². The van der Waals surface area contributed by atoms with Crippen molar-refractivity contribution in [3.8, 4) is 11.5 Å². The number of benzene rings is 1. The van der Waals surface area contributed by atoms with Gasteiger partial charge in [-0.25, -0.2) is 13.1 Å². The molecule has 0 spiro atoms. The normalized spacial score (nSPS) is 24.2. The third-order valence-electron chi connectivity index (χ3n) is 6.05. The lowest BCUT2D eigenvalue weighted by Crippen LogP contribution is -2.54. The van der Waals surface area contributed by atoms with Gasteiger partial charge in [-0.15, -0.1) is 0 Å². The SMILES string of the molecule is CS(=O)(=O)NC1CCCN(C(=O)C2(c3ccc4c(c3)OCCO4)CCCC2)C1. The molecule has 2 aliphatic heterocycles. The Morgan fingerprint density at radius 1 is 1.14 bits per heavy atom. The molecule has 1 aliphatic carbocycles. The zero-order chi connectivity index (χ0) is 19.8. The number of carbonyl (C=O) groups excluding carboxylic acids is 1. The summed E-state index contributed by atoms with van der Waals surface area (Å²) < 4.78 is 37.3. The second-order valence-corrected chi connectivity index (χ2v) is 9.91. The molecule has 154 valence electrons. The largest absolute Gasteiger partial charge is 0.486 e. The first-order chi connectivity index (χ1) is 13.4. The average Bonchev–Trinajstić information content (AvgIpc) is 3.17. The van der Waals surface area contributed by atoms with Crippen LogP contribution in [0.2, 0.25) is 0 Å². The Morgan fingerprint density at radius 2 is 1.86 bits per heavy atom. The van der Waals surface area contributed by atoms with Gasteiger partial charge in [0.25, 0.3) is 0 Å². The molecule has 1 saturated carbocycles. The van der Waals surface area contributed by atoms with Gasteiger partial charge >= 0.3 is 0 Å². The molecule has 0 bridgehead atoms. The molecular formula is C20H28N2O5S. The molecule has 7 nitrogen and oxygen atoms in total. The van der Waals surface area contributed by atoms with Gasteiger partial charge in [-0.2, -0.15) is 0 Å². The molecule has 0 aromatic heterocycles. The summed E-state index contributed by atoms with van der Waals surface area (Å²) in [6.07, 6.45) is 6.38. The fourth-order valence-electron chi connectivity index (χ4n) is 4.81. The molecular weight excluding hydrogens is 380 g/mol. The van der Waals surface area contributed by atoms with E-state index in [2.05, 4.69) is 4.72 Å². The van der Waals surface area contributed by atoms with E-state index in [1.807, 2.05) is 23.1 Å². The number of nitrogens with zero attached hydrogens (tertiary/aromatic N) is 1. The number of sulfonamides is 1. The monoisotopic (exact) mass is 408 g/mol. The Bertz CT molecular complexity index is 848. The van der Waals surface area contributed by atoms with Crippen LogP contribution in [0, 0.1) is 0 Å². The number of likely N-dealkylation sites (tertiary alicyclic amines) is 1. The number of carbonyl (C=O) groups is 1. The predicted molar refractivity (Wildman–Crippen MR) is 105 cm³/mol. The van der Waals surface area contributed by atoms with Gasteiger partial charge in [0.15, 0.2) is 11.5 Å².